The largest absolute Gasteiger partial charge is 0.381 e. The first kappa shape index (κ1) is 8.51. The van der Waals surface area contributed by atoms with Crippen LogP contribution in [-0.4, -0.2) is 14.9 Å². The predicted molar refractivity (Wildman–Crippen MR) is 50.1 cm³/mol. The van der Waals surface area contributed by atoms with Crippen LogP contribution in [0, 0.1) is 0 Å². The highest BCUT2D eigenvalue weighted by atomic mass is 16.3. The van der Waals surface area contributed by atoms with Crippen LogP contribution in [0.2, 0.25) is 0 Å². The fraction of sp³-hybridized carbons (Fsp3) is 0.500. The van der Waals surface area contributed by atoms with Crippen molar-refractivity contribution in [1.29, 1.82) is 0 Å². The molecule has 13 heavy (non-hydrogen) atoms. The van der Waals surface area contributed by atoms with Gasteiger partial charge in [-0.15, -0.1) is 0 Å². The van der Waals surface area contributed by atoms with E-state index in [0.717, 1.165) is 24.8 Å². The third kappa shape index (κ3) is 1.52. The number of rotatable bonds is 1. The molecule has 0 aromatic carbocycles. The number of hydrogen-bond donors (Lipinski definition) is 1. The summed E-state index contributed by atoms with van der Waals surface area (Å²) >= 11 is 0. The molecule has 2 rings (SSSR count). The van der Waals surface area contributed by atoms with Gasteiger partial charge in [-0.1, -0.05) is 12.2 Å². The average molecular weight is 178 g/mol. The summed E-state index contributed by atoms with van der Waals surface area (Å²) in [6.07, 6.45) is 10.4. The lowest BCUT2D eigenvalue weighted by Crippen LogP contribution is -2.24. The number of aliphatic hydroxyl groups is 1. The van der Waals surface area contributed by atoms with Crippen molar-refractivity contribution in [3.63, 3.8) is 0 Å². The molecule has 1 aliphatic rings. The molecule has 0 saturated carbocycles. The highest BCUT2D eigenvalue weighted by molar-refractivity contribution is 5.23. The Morgan fingerprint density at radius 1 is 1.62 bits per heavy atom. The van der Waals surface area contributed by atoms with Crippen molar-refractivity contribution >= 4 is 0 Å². The summed E-state index contributed by atoms with van der Waals surface area (Å²) in [5.41, 5.74) is 0.123. The predicted octanol–water partition coefficient (Wildman–Crippen LogP) is 1.35. The summed E-state index contributed by atoms with van der Waals surface area (Å²) < 4.78 is 1.72. The number of nitrogens with zero attached hydrogens (tertiary/aromatic N) is 2. The van der Waals surface area contributed by atoms with E-state index >= 15 is 0 Å². The monoisotopic (exact) mass is 178 g/mol. The number of allylic oxidation sites excluding steroid dienone is 1. The molecular weight excluding hydrogens is 164 g/mol. The van der Waals surface area contributed by atoms with Crippen molar-refractivity contribution in [2.75, 3.05) is 0 Å². The van der Waals surface area contributed by atoms with Gasteiger partial charge in [-0.25, -0.2) is 0 Å². The Balaban J connectivity index is 2.33. The lowest BCUT2D eigenvalue weighted by molar-refractivity contribution is 0.0725. The van der Waals surface area contributed by atoms with Crippen molar-refractivity contribution in [1.82, 2.24) is 9.78 Å². The maximum Gasteiger partial charge on any atom is 0.111 e. The van der Waals surface area contributed by atoms with E-state index in [1.165, 1.54) is 0 Å². The minimum absolute atomic E-state index is 0.771. The van der Waals surface area contributed by atoms with Crippen LogP contribution in [-0.2, 0) is 12.6 Å². The Kier molecular flexibility index (Phi) is 1.96. The molecule has 1 N–H and O–H groups in total. The van der Waals surface area contributed by atoms with Gasteiger partial charge in [-0.3, -0.25) is 4.68 Å². The molecule has 1 heterocycles. The van der Waals surface area contributed by atoms with E-state index in [9.17, 15) is 5.11 Å². The van der Waals surface area contributed by atoms with Crippen LogP contribution in [0.1, 0.15) is 24.8 Å². The summed E-state index contributed by atoms with van der Waals surface area (Å²) in [5, 5.41) is 14.3. The van der Waals surface area contributed by atoms with Crippen LogP contribution in [0.15, 0.2) is 24.5 Å². The molecular formula is C10H14N2O. The first-order chi connectivity index (χ1) is 6.21. The van der Waals surface area contributed by atoms with Gasteiger partial charge in [-0.05, 0) is 19.3 Å². The van der Waals surface area contributed by atoms with Gasteiger partial charge in [-0.2, -0.15) is 5.10 Å². The molecule has 1 atom stereocenters. The number of aromatic nitrogens is 2. The van der Waals surface area contributed by atoms with E-state index in [-0.39, 0.29) is 0 Å². The first-order valence-corrected chi connectivity index (χ1v) is 4.60. The summed E-state index contributed by atoms with van der Waals surface area (Å²) in [5.74, 6) is 0. The van der Waals surface area contributed by atoms with Gasteiger partial charge in [0.2, 0.25) is 0 Å². The Morgan fingerprint density at radius 2 is 2.46 bits per heavy atom. The molecule has 0 amide bonds. The Morgan fingerprint density at radius 3 is 3.00 bits per heavy atom. The lowest BCUT2D eigenvalue weighted by atomic mass is 9.86. The lowest BCUT2D eigenvalue weighted by Gasteiger charge is -2.26. The van der Waals surface area contributed by atoms with Gasteiger partial charge in [0.25, 0.3) is 0 Å². The quantitative estimate of drug-likeness (QED) is 0.659. The molecule has 1 aromatic heterocycles. The van der Waals surface area contributed by atoms with Crippen LogP contribution in [0.3, 0.4) is 0 Å². The molecule has 0 radical (unpaired) electrons. The summed E-state index contributed by atoms with van der Waals surface area (Å²) in [6, 6.07) is 0. The molecule has 70 valence electrons. The Labute approximate surface area is 77.7 Å². The second-order valence-electron chi connectivity index (χ2n) is 3.62. The molecule has 3 nitrogen and oxygen atoms in total. The SMILES string of the molecule is Cn1cc(C2(O)C=CCCC2)cn1. The van der Waals surface area contributed by atoms with Crippen molar-refractivity contribution < 1.29 is 5.11 Å². The smallest absolute Gasteiger partial charge is 0.111 e. The van der Waals surface area contributed by atoms with E-state index < -0.39 is 5.60 Å². The van der Waals surface area contributed by atoms with Crippen LogP contribution in [0.25, 0.3) is 0 Å². The van der Waals surface area contributed by atoms with Crippen LogP contribution < -0.4 is 0 Å². The minimum Gasteiger partial charge on any atom is -0.381 e. The van der Waals surface area contributed by atoms with Gasteiger partial charge in [0.15, 0.2) is 0 Å². The normalized spacial score (nSPS) is 27.8. The maximum atomic E-state index is 10.2. The van der Waals surface area contributed by atoms with Crippen LogP contribution >= 0.6 is 0 Å². The minimum atomic E-state index is -0.771. The van der Waals surface area contributed by atoms with Gasteiger partial charge >= 0.3 is 0 Å². The summed E-state index contributed by atoms with van der Waals surface area (Å²) in [4.78, 5) is 0. The van der Waals surface area contributed by atoms with Crippen LogP contribution in [0.5, 0.6) is 0 Å². The summed E-state index contributed by atoms with van der Waals surface area (Å²) in [7, 11) is 1.86. The molecule has 0 spiro atoms. The zero-order valence-corrected chi connectivity index (χ0v) is 7.77. The molecule has 0 fully saturated rings. The fourth-order valence-electron chi connectivity index (χ4n) is 1.74. The van der Waals surface area contributed by atoms with Crippen molar-refractivity contribution in [2.24, 2.45) is 7.05 Å². The molecule has 1 aliphatic carbocycles. The van der Waals surface area contributed by atoms with E-state index in [2.05, 4.69) is 5.10 Å². The second kappa shape index (κ2) is 3.00. The van der Waals surface area contributed by atoms with Crippen molar-refractivity contribution in [3.8, 4) is 0 Å². The van der Waals surface area contributed by atoms with Crippen molar-refractivity contribution in [3.05, 3.63) is 30.1 Å². The number of aryl methyl sites for hydroxylation is 1. The molecule has 0 saturated heterocycles. The third-order valence-electron chi connectivity index (χ3n) is 2.53. The third-order valence-corrected chi connectivity index (χ3v) is 2.53. The van der Waals surface area contributed by atoms with Gasteiger partial charge in [0.1, 0.15) is 5.60 Å². The Bertz CT molecular complexity index is 329. The second-order valence-corrected chi connectivity index (χ2v) is 3.62. The van der Waals surface area contributed by atoms with E-state index in [1.807, 2.05) is 25.4 Å². The summed E-state index contributed by atoms with van der Waals surface area (Å²) in [6.45, 7) is 0. The van der Waals surface area contributed by atoms with Gasteiger partial charge in [0.05, 0.1) is 6.20 Å². The number of hydrogen-bond acceptors (Lipinski definition) is 2. The Hall–Kier alpha value is -1.09. The molecule has 3 heteroatoms. The van der Waals surface area contributed by atoms with Gasteiger partial charge < -0.3 is 5.11 Å². The van der Waals surface area contributed by atoms with E-state index in [4.69, 9.17) is 0 Å². The highest BCUT2D eigenvalue weighted by Crippen LogP contribution is 2.31. The van der Waals surface area contributed by atoms with Crippen LogP contribution in [0.4, 0.5) is 0 Å². The fourth-order valence-corrected chi connectivity index (χ4v) is 1.74. The zero-order chi connectivity index (χ0) is 9.31. The standard InChI is InChI=1S/C10H14N2O/c1-12-8-9(7-11-12)10(13)5-3-2-4-6-10/h3,5,7-8,13H,2,4,6H2,1H3. The van der Waals surface area contributed by atoms with E-state index in [1.54, 1.807) is 10.9 Å². The first-order valence-electron chi connectivity index (χ1n) is 4.60. The zero-order valence-electron chi connectivity index (χ0n) is 7.77. The molecule has 0 bridgehead atoms. The molecule has 1 aromatic rings. The van der Waals surface area contributed by atoms with E-state index in [0.29, 0.717) is 0 Å². The maximum absolute atomic E-state index is 10.2. The van der Waals surface area contributed by atoms with Crippen molar-refractivity contribution in [2.45, 2.75) is 24.9 Å². The van der Waals surface area contributed by atoms with Gasteiger partial charge in [0, 0.05) is 18.8 Å². The highest BCUT2D eigenvalue weighted by Gasteiger charge is 2.28. The topological polar surface area (TPSA) is 38.0 Å². The molecule has 1 unspecified atom stereocenters. The molecule has 0 aliphatic heterocycles. The average Bonchev–Trinajstić information content (AvgIpc) is 2.54.